The summed E-state index contributed by atoms with van der Waals surface area (Å²) < 4.78 is 16.3. The minimum atomic E-state index is -0.345. The lowest BCUT2D eigenvalue weighted by atomic mass is 10.1. The van der Waals surface area contributed by atoms with Gasteiger partial charge >= 0.3 is 0 Å². The van der Waals surface area contributed by atoms with Gasteiger partial charge in [0.25, 0.3) is 5.56 Å². The molecule has 0 aliphatic rings. The van der Waals surface area contributed by atoms with Crippen molar-refractivity contribution in [3.05, 3.63) is 58.5 Å². The zero-order chi connectivity index (χ0) is 19.4. The maximum absolute atomic E-state index is 13.3. The van der Waals surface area contributed by atoms with Gasteiger partial charge in [-0.2, -0.15) is 5.10 Å². The van der Waals surface area contributed by atoms with Gasteiger partial charge in [0.15, 0.2) is 5.65 Å². The first-order valence-corrected chi connectivity index (χ1v) is 8.86. The van der Waals surface area contributed by atoms with E-state index in [0.717, 1.165) is 0 Å². The highest BCUT2D eigenvalue weighted by Crippen LogP contribution is 2.08. The summed E-state index contributed by atoms with van der Waals surface area (Å²) in [5.74, 6) is -0.0532. The molecule has 0 bridgehead atoms. The molecule has 0 saturated carbocycles. The molecule has 27 heavy (non-hydrogen) atoms. The van der Waals surface area contributed by atoms with Gasteiger partial charge in [0.05, 0.1) is 19.3 Å². The molecule has 0 unspecified atom stereocenters. The second kappa shape index (κ2) is 8.11. The highest BCUT2D eigenvalue weighted by molar-refractivity contribution is 5.76. The third-order valence-corrected chi connectivity index (χ3v) is 4.10. The van der Waals surface area contributed by atoms with Crippen molar-refractivity contribution in [2.24, 2.45) is 5.92 Å². The summed E-state index contributed by atoms with van der Waals surface area (Å²) in [5, 5.41) is 7.43. The number of amides is 1. The van der Waals surface area contributed by atoms with Gasteiger partial charge in [-0.3, -0.25) is 14.2 Å². The number of nitrogens with one attached hydrogen (secondary N) is 1. The molecule has 1 aromatic carbocycles. The molecule has 0 aliphatic heterocycles. The molecule has 8 heteroatoms. The van der Waals surface area contributed by atoms with Crippen molar-refractivity contribution < 1.29 is 9.18 Å². The minimum Gasteiger partial charge on any atom is -0.354 e. The van der Waals surface area contributed by atoms with Gasteiger partial charge in [-0.05, 0) is 23.6 Å². The Morgan fingerprint density at radius 2 is 2.15 bits per heavy atom. The van der Waals surface area contributed by atoms with Gasteiger partial charge in [-0.15, -0.1) is 0 Å². The number of fused-ring (bicyclic) bond motifs is 1. The Morgan fingerprint density at radius 1 is 1.33 bits per heavy atom. The van der Waals surface area contributed by atoms with Crippen molar-refractivity contribution in [2.75, 3.05) is 6.54 Å². The number of benzene rings is 1. The first kappa shape index (κ1) is 18.8. The van der Waals surface area contributed by atoms with Crippen molar-refractivity contribution in [3.63, 3.8) is 0 Å². The van der Waals surface area contributed by atoms with Crippen LogP contribution in [0, 0.1) is 11.7 Å². The molecule has 142 valence electrons. The van der Waals surface area contributed by atoms with E-state index in [0.29, 0.717) is 42.0 Å². The maximum atomic E-state index is 13.3. The average Bonchev–Trinajstić information content (AvgIpc) is 3.01. The van der Waals surface area contributed by atoms with Crippen LogP contribution in [0.3, 0.4) is 0 Å². The summed E-state index contributed by atoms with van der Waals surface area (Å²) in [6, 6.07) is 6.11. The van der Waals surface area contributed by atoms with E-state index in [1.807, 2.05) is 13.8 Å². The third kappa shape index (κ3) is 4.58. The Balaban J connectivity index is 1.73. The first-order chi connectivity index (χ1) is 12.9. The molecular weight excluding hydrogens is 349 g/mol. The number of rotatable bonds is 7. The summed E-state index contributed by atoms with van der Waals surface area (Å²) in [4.78, 5) is 28.7. The summed E-state index contributed by atoms with van der Waals surface area (Å²) >= 11 is 0. The number of hydrogen-bond acceptors (Lipinski definition) is 4. The van der Waals surface area contributed by atoms with Crippen LogP contribution in [0.15, 0.2) is 41.6 Å². The third-order valence-electron chi connectivity index (χ3n) is 4.10. The fraction of sp³-hybridized carbons (Fsp3) is 0.368. The number of carbonyl (C=O) groups excluding carboxylic acids is 1. The average molecular weight is 371 g/mol. The summed E-state index contributed by atoms with van der Waals surface area (Å²) in [7, 11) is 0. The van der Waals surface area contributed by atoms with Crippen LogP contribution >= 0.6 is 0 Å². The minimum absolute atomic E-state index is 0.00753. The Labute approximate surface area is 155 Å². The van der Waals surface area contributed by atoms with Crippen molar-refractivity contribution in [2.45, 2.75) is 33.4 Å². The molecule has 0 spiro atoms. The molecule has 0 radical (unpaired) electrons. The van der Waals surface area contributed by atoms with Crippen molar-refractivity contribution in [1.82, 2.24) is 24.6 Å². The van der Waals surface area contributed by atoms with Crippen molar-refractivity contribution in [3.8, 4) is 0 Å². The van der Waals surface area contributed by atoms with Crippen LogP contribution < -0.4 is 10.9 Å². The van der Waals surface area contributed by atoms with Crippen LogP contribution in [0.2, 0.25) is 0 Å². The number of hydrogen-bond donors (Lipinski definition) is 1. The molecule has 3 aromatic rings. The second-order valence-corrected chi connectivity index (χ2v) is 6.86. The zero-order valence-electron chi connectivity index (χ0n) is 15.4. The monoisotopic (exact) mass is 371 g/mol. The highest BCUT2D eigenvalue weighted by Gasteiger charge is 2.11. The van der Waals surface area contributed by atoms with E-state index >= 15 is 0 Å². The maximum Gasteiger partial charge on any atom is 0.264 e. The normalized spacial score (nSPS) is 11.3. The van der Waals surface area contributed by atoms with Gasteiger partial charge in [-0.1, -0.05) is 26.0 Å². The highest BCUT2D eigenvalue weighted by atomic mass is 19.1. The van der Waals surface area contributed by atoms with Gasteiger partial charge in [-0.25, -0.2) is 14.1 Å². The lowest BCUT2D eigenvalue weighted by molar-refractivity contribution is -0.121. The van der Waals surface area contributed by atoms with Crippen LogP contribution in [-0.2, 0) is 17.9 Å². The number of aromatic nitrogens is 4. The molecule has 7 nitrogen and oxygen atoms in total. The van der Waals surface area contributed by atoms with Gasteiger partial charge in [0.2, 0.25) is 5.91 Å². The Morgan fingerprint density at radius 3 is 2.89 bits per heavy atom. The largest absolute Gasteiger partial charge is 0.354 e. The second-order valence-electron chi connectivity index (χ2n) is 6.86. The van der Waals surface area contributed by atoms with E-state index < -0.39 is 0 Å². The molecule has 1 amide bonds. The Hall–Kier alpha value is -3.03. The predicted molar refractivity (Wildman–Crippen MR) is 99.8 cm³/mol. The van der Waals surface area contributed by atoms with Crippen LogP contribution in [0.5, 0.6) is 0 Å². The van der Waals surface area contributed by atoms with Gasteiger partial charge in [0.1, 0.15) is 17.5 Å². The fourth-order valence-corrected chi connectivity index (χ4v) is 2.85. The topological polar surface area (TPSA) is 81.8 Å². The fourth-order valence-electron chi connectivity index (χ4n) is 2.85. The van der Waals surface area contributed by atoms with Crippen LogP contribution in [0.1, 0.15) is 25.8 Å². The first-order valence-electron chi connectivity index (χ1n) is 8.86. The molecule has 1 N–H and O–H groups in total. The van der Waals surface area contributed by atoms with Crippen LogP contribution in [-0.4, -0.2) is 31.8 Å². The van der Waals surface area contributed by atoms with E-state index in [2.05, 4.69) is 15.4 Å². The van der Waals surface area contributed by atoms with Crippen LogP contribution in [0.25, 0.3) is 11.0 Å². The lowest BCUT2D eigenvalue weighted by Gasteiger charge is -2.08. The standard InChI is InChI=1S/C19H22FN5O2/c1-13(2)8-17(26)21-6-7-25-18-16(10-23-25)19(27)24(12-22-18)11-14-4-3-5-15(20)9-14/h3-5,9-10,12-13H,6-8,11H2,1-2H3,(H,21,26). The van der Waals surface area contributed by atoms with Crippen molar-refractivity contribution in [1.29, 1.82) is 0 Å². The quantitative estimate of drug-likeness (QED) is 0.688. The van der Waals surface area contributed by atoms with Crippen molar-refractivity contribution >= 4 is 16.9 Å². The van der Waals surface area contributed by atoms with Crippen LogP contribution in [0.4, 0.5) is 4.39 Å². The number of halogens is 1. The van der Waals surface area contributed by atoms with E-state index in [9.17, 15) is 14.0 Å². The smallest absolute Gasteiger partial charge is 0.264 e. The molecule has 2 heterocycles. The number of carbonyl (C=O) groups is 1. The Bertz CT molecular complexity index is 1010. The molecule has 0 fully saturated rings. The lowest BCUT2D eigenvalue weighted by Crippen LogP contribution is -2.28. The zero-order valence-corrected chi connectivity index (χ0v) is 15.4. The van der Waals surface area contributed by atoms with E-state index in [-0.39, 0.29) is 23.8 Å². The Kier molecular flexibility index (Phi) is 5.63. The molecule has 0 saturated heterocycles. The van der Waals surface area contributed by atoms with E-state index in [4.69, 9.17) is 0 Å². The van der Waals surface area contributed by atoms with E-state index in [1.165, 1.54) is 29.2 Å². The predicted octanol–water partition coefficient (Wildman–Crippen LogP) is 1.94. The van der Waals surface area contributed by atoms with E-state index in [1.54, 1.807) is 16.8 Å². The van der Waals surface area contributed by atoms with Gasteiger partial charge in [0, 0.05) is 13.0 Å². The summed E-state index contributed by atoms with van der Waals surface area (Å²) in [5.41, 5.74) is 0.909. The van der Waals surface area contributed by atoms with Gasteiger partial charge < -0.3 is 5.32 Å². The number of nitrogens with zero attached hydrogens (tertiary/aromatic N) is 4. The molecular formula is C19H22FN5O2. The molecule has 2 aromatic heterocycles. The SMILES string of the molecule is CC(C)CC(=O)NCCn1ncc2c(=O)n(Cc3cccc(F)c3)cnc21. The summed E-state index contributed by atoms with van der Waals surface area (Å²) in [6.07, 6.45) is 3.39. The molecule has 3 rings (SSSR count). The summed E-state index contributed by atoms with van der Waals surface area (Å²) in [6.45, 7) is 5.04. The molecule has 0 atom stereocenters. The molecule has 0 aliphatic carbocycles.